The number of nitro benzene ring substituents is 1. The molecule has 6 heteroatoms. The molecule has 1 fully saturated rings. The van der Waals surface area contributed by atoms with Crippen molar-refractivity contribution in [1.82, 2.24) is 5.32 Å². The van der Waals surface area contributed by atoms with Crippen molar-refractivity contribution in [2.24, 2.45) is 0 Å². The quantitative estimate of drug-likeness (QED) is 0.468. The number of hydrogen-bond donors (Lipinski definition) is 1. The van der Waals surface area contributed by atoms with Crippen LogP contribution in [0.25, 0.3) is 0 Å². The van der Waals surface area contributed by atoms with Gasteiger partial charge in [0.2, 0.25) is 0 Å². The number of halogens is 1. The van der Waals surface area contributed by atoms with Crippen LogP contribution in [-0.2, 0) is 0 Å². The van der Waals surface area contributed by atoms with E-state index < -0.39 is 10.7 Å². The van der Waals surface area contributed by atoms with E-state index in [1.807, 2.05) is 0 Å². The van der Waals surface area contributed by atoms with Crippen LogP contribution < -0.4 is 10.1 Å². The zero-order chi connectivity index (χ0) is 12.3. The summed E-state index contributed by atoms with van der Waals surface area (Å²) < 4.78 is 18.2. The molecule has 1 aliphatic carbocycles. The summed E-state index contributed by atoms with van der Waals surface area (Å²) in [5.41, 5.74) is -0.210. The molecule has 0 unspecified atom stereocenters. The summed E-state index contributed by atoms with van der Waals surface area (Å²) in [7, 11) is 0. The lowest BCUT2D eigenvalue weighted by molar-refractivity contribution is -0.385. The highest BCUT2D eigenvalue weighted by atomic mass is 19.1. The summed E-state index contributed by atoms with van der Waals surface area (Å²) in [6, 6.07) is 3.75. The molecule has 0 heterocycles. The van der Waals surface area contributed by atoms with Crippen molar-refractivity contribution in [3.63, 3.8) is 0 Å². The van der Waals surface area contributed by atoms with Crippen LogP contribution in [-0.4, -0.2) is 24.1 Å². The average Bonchev–Trinajstić information content (AvgIpc) is 3.08. The lowest BCUT2D eigenvalue weighted by Crippen LogP contribution is -2.23. The van der Waals surface area contributed by atoms with Crippen molar-refractivity contribution in [3.05, 3.63) is 34.1 Å². The predicted molar refractivity (Wildman–Crippen MR) is 59.6 cm³/mol. The monoisotopic (exact) mass is 240 g/mol. The van der Waals surface area contributed by atoms with Crippen LogP contribution in [0.2, 0.25) is 0 Å². The van der Waals surface area contributed by atoms with Gasteiger partial charge in [0, 0.05) is 24.7 Å². The van der Waals surface area contributed by atoms with E-state index in [0.717, 1.165) is 18.2 Å². The van der Waals surface area contributed by atoms with Crippen molar-refractivity contribution in [3.8, 4) is 5.75 Å². The largest absolute Gasteiger partial charge is 0.485 e. The minimum atomic E-state index is -0.580. The van der Waals surface area contributed by atoms with Crippen molar-refractivity contribution in [2.45, 2.75) is 18.9 Å². The van der Waals surface area contributed by atoms with Crippen molar-refractivity contribution >= 4 is 5.69 Å². The summed E-state index contributed by atoms with van der Waals surface area (Å²) in [6.07, 6.45) is 2.33. The van der Waals surface area contributed by atoms with Gasteiger partial charge in [-0.15, -0.1) is 0 Å². The maximum atomic E-state index is 12.9. The lowest BCUT2D eigenvalue weighted by atomic mass is 10.3. The van der Waals surface area contributed by atoms with Crippen molar-refractivity contribution in [2.75, 3.05) is 13.2 Å². The van der Waals surface area contributed by atoms with Gasteiger partial charge < -0.3 is 10.1 Å². The van der Waals surface area contributed by atoms with Gasteiger partial charge in [-0.1, -0.05) is 0 Å². The highest BCUT2D eigenvalue weighted by Crippen LogP contribution is 2.27. The number of nitrogens with zero attached hydrogens (tertiary/aromatic N) is 1. The molecular weight excluding hydrogens is 227 g/mol. The first-order chi connectivity index (χ1) is 8.16. The predicted octanol–water partition coefficient (Wildman–Crippen LogP) is 1.86. The van der Waals surface area contributed by atoms with Crippen LogP contribution >= 0.6 is 0 Å². The Morgan fingerprint density at radius 3 is 2.94 bits per heavy atom. The molecule has 0 aliphatic heterocycles. The van der Waals surface area contributed by atoms with Gasteiger partial charge in [0.1, 0.15) is 12.4 Å². The van der Waals surface area contributed by atoms with Gasteiger partial charge in [0.05, 0.1) is 4.92 Å². The van der Waals surface area contributed by atoms with Gasteiger partial charge in [-0.25, -0.2) is 4.39 Å². The molecule has 17 heavy (non-hydrogen) atoms. The number of nitro groups is 1. The maximum Gasteiger partial charge on any atom is 0.311 e. The Labute approximate surface area is 97.7 Å². The smallest absolute Gasteiger partial charge is 0.311 e. The van der Waals surface area contributed by atoms with Gasteiger partial charge in [-0.3, -0.25) is 10.1 Å². The van der Waals surface area contributed by atoms with Crippen LogP contribution in [0.15, 0.2) is 18.2 Å². The maximum absolute atomic E-state index is 12.9. The molecule has 92 valence electrons. The summed E-state index contributed by atoms with van der Waals surface area (Å²) in [4.78, 5) is 10.1. The molecule has 1 aromatic carbocycles. The normalized spacial score (nSPS) is 14.6. The molecule has 0 aromatic heterocycles. The Hall–Kier alpha value is -1.69. The zero-order valence-electron chi connectivity index (χ0n) is 9.19. The third kappa shape index (κ3) is 3.39. The van der Waals surface area contributed by atoms with E-state index in [2.05, 4.69) is 5.32 Å². The molecule has 5 nitrogen and oxygen atoms in total. The molecule has 1 aliphatic rings. The molecule has 0 atom stereocenters. The van der Waals surface area contributed by atoms with Gasteiger partial charge in [0.25, 0.3) is 0 Å². The summed E-state index contributed by atoms with van der Waals surface area (Å²) >= 11 is 0. The van der Waals surface area contributed by atoms with Crippen molar-refractivity contribution in [1.29, 1.82) is 0 Å². The number of ether oxygens (including phenoxy) is 1. The molecular formula is C11H13FN2O3. The molecule has 0 spiro atoms. The second-order valence-corrected chi connectivity index (χ2v) is 3.95. The van der Waals surface area contributed by atoms with E-state index >= 15 is 0 Å². The molecule has 1 saturated carbocycles. The van der Waals surface area contributed by atoms with Crippen molar-refractivity contribution < 1.29 is 14.1 Å². The first-order valence-electron chi connectivity index (χ1n) is 5.47. The van der Waals surface area contributed by atoms with Gasteiger partial charge >= 0.3 is 5.69 Å². The Bertz CT molecular complexity index is 421. The van der Waals surface area contributed by atoms with Crippen LogP contribution in [0, 0.1) is 15.9 Å². The highest BCUT2D eigenvalue weighted by molar-refractivity contribution is 5.46. The fraction of sp³-hybridized carbons (Fsp3) is 0.455. The summed E-state index contributed by atoms with van der Waals surface area (Å²) in [5, 5.41) is 13.9. The molecule has 2 rings (SSSR count). The number of benzene rings is 1. The molecule has 1 N–H and O–H groups in total. The average molecular weight is 240 g/mol. The summed E-state index contributed by atoms with van der Waals surface area (Å²) in [5.74, 6) is -0.562. The molecule has 0 radical (unpaired) electrons. The zero-order valence-corrected chi connectivity index (χ0v) is 9.19. The fourth-order valence-corrected chi connectivity index (χ4v) is 1.47. The number of nitrogens with one attached hydrogen (secondary N) is 1. The van der Waals surface area contributed by atoms with E-state index in [-0.39, 0.29) is 11.4 Å². The van der Waals surface area contributed by atoms with E-state index in [9.17, 15) is 14.5 Å². The minimum Gasteiger partial charge on any atom is -0.485 e. The molecule has 0 amide bonds. The Morgan fingerprint density at radius 1 is 1.53 bits per heavy atom. The van der Waals surface area contributed by atoms with Gasteiger partial charge in [-0.2, -0.15) is 0 Å². The second-order valence-electron chi connectivity index (χ2n) is 3.95. The van der Waals surface area contributed by atoms with E-state index in [4.69, 9.17) is 4.74 Å². The van der Waals surface area contributed by atoms with Gasteiger partial charge in [0.15, 0.2) is 5.75 Å². The third-order valence-electron chi connectivity index (χ3n) is 2.49. The Morgan fingerprint density at radius 2 is 2.29 bits per heavy atom. The van der Waals surface area contributed by atoms with E-state index in [1.165, 1.54) is 12.8 Å². The van der Waals surface area contributed by atoms with Crippen LogP contribution in [0.1, 0.15) is 12.8 Å². The minimum absolute atomic E-state index is 0.0207. The van der Waals surface area contributed by atoms with Crippen LogP contribution in [0.3, 0.4) is 0 Å². The molecule has 0 saturated heterocycles. The van der Waals surface area contributed by atoms with Gasteiger partial charge in [-0.05, 0) is 18.9 Å². The number of rotatable bonds is 6. The first-order valence-corrected chi connectivity index (χ1v) is 5.47. The van der Waals surface area contributed by atoms with Crippen LogP contribution in [0.5, 0.6) is 5.75 Å². The van der Waals surface area contributed by atoms with E-state index in [1.54, 1.807) is 0 Å². The Kier molecular flexibility index (Phi) is 3.53. The second kappa shape index (κ2) is 5.09. The third-order valence-corrected chi connectivity index (χ3v) is 2.49. The topological polar surface area (TPSA) is 64.4 Å². The molecule has 1 aromatic rings. The lowest BCUT2D eigenvalue weighted by Gasteiger charge is -2.07. The summed E-state index contributed by atoms with van der Waals surface area (Å²) in [6.45, 7) is 0.902. The van der Waals surface area contributed by atoms with E-state index in [0.29, 0.717) is 19.2 Å². The Balaban J connectivity index is 1.92. The number of hydrogen-bond acceptors (Lipinski definition) is 4. The highest BCUT2D eigenvalue weighted by Gasteiger charge is 2.20. The molecule has 0 bridgehead atoms. The fourth-order valence-electron chi connectivity index (χ4n) is 1.47. The first kappa shape index (κ1) is 11.8. The van der Waals surface area contributed by atoms with Crippen LogP contribution in [0.4, 0.5) is 10.1 Å². The SMILES string of the molecule is O=[N+]([O-])c1ccc(F)cc1OCCNC1CC1. The standard InChI is InChI=1S/C11H13FN2O3/c12-8-1-4-10(14(15)16)11(7-8)17-6-5-13-9-2-3-9/h1,4,7,9,13H,2-3,5-6H2.